The highest BCUT2D eigenvalue weighted by molar-refractivity contribution is 7.92. The molecule has 0 aliphatic heterocycles. The summed E-state index contributed by atoms with van der Waals surface area (Å²) < 4.78 is 28.0. The quantitative estimate of drug-likeness (QED) is 0.536. The third-order valence-electron chi connectivity index (χ3n) is 4.65. The molecule has 0 radical (unpaired) electrons. The number of sulfonamides is 1. The molecular formula is C24H26N2O3S. The van der Waals surface area contributed by atoms with Gasteiger partial charge in [-0.3, -0.25) is 9.52 Å². The lowest BCUT2D eigenvalue weighted by Crippen LogP contribution is -2.29. The van der Waals surface area contributed by atoms with Gasteiger partial charge in [0.1, 0.15) is 0 Å². The first-order valence-corrected chi connectivity index (χ1v) is 11.4. The third-order valence-corrected chi connectivity index (χ3v) is 6.03. The molecule has 0 heterocycles. The van der Waals surface area contributed by atoms with E-state index in [0.29, 0.717) is 17.2 Å². The van der Waals surface area contributed by atoms with Crippen molar-refractivity contribution in [2.45, 2.75) is 31.2 Å². The van der Waals surface area contributed by atoms with Crippen LogP contribution in [0.4, 0.5) is 5.69 Å². The number of nitrogens with one attached hydrogen (secondary N) is 2. The van der Waals surface area contributed by atoms with Crippen molar-refractivity contribution in [3.05, 3.63) is 96.1 Å². The predicted octanol–water partition coefficient (Wildman–Crippen LogP) is 5.00. The maximum atomic E-state index is 12.9. The monoisotopic (exact) mass is 422 g/mol. The molecule has 0 aromatic heterocycles. The Morgan fingerprint density at radius 3 is 2.13 bits per heavy atom. The predicted molar refractivity (Wildman–Crippen MR) is 120 cm³/mol. The first kappa shape index (κ1) is 21.6. The molecule has 30 heavy (non-hydrogen) atoms. The van der Waals surface area contributed by atoms with Crippen molar-refractivity contribution in [3.8, 4) is 0 Å². The summed E-state index contributed by atoms with van der Waals surface area (Å²) in [5.41, 5.74) is 1.79. The van der Waals surface area contributed by atoms with Crippen LogP contribution in [0.3, 0.4) is 0 Å². The summed E-state index contributed by atoms with van der Waals surface area (Å²) in [7, 11) is -3.80. The van der Waals surface area contributed by atoms with E-state index in [4.69, 9.17) is 0 Å². The average molecular weight is 423 g/mol. The minimum atomic E-state index is -3.80. The first-order valence-electron chi connectivity index (χ1n) is 9.89. The van der Waals surface area contributed by atoms with Gasteiger partial charge < -0.3 is 5.32 Å². The van der Waals surface area contributed by atoms with Gasteiger partial charge in [0.25, 0.3) is 15.9 Å². The van der Waals surface area contributed by atoms with Crippen LogP contribution in [0.5, 0.6) is 0 Å². The van der Waals surface area contributed by atoms with Gasteiger partial charge in [-0.1, -0.05) is 68.4 Å². The van der Waals surface area contributed by atoms with Gasteiger partial charge in [-0.15, -0.1) is 0 Å². The number of hydrogen-bond acceptors (Lipinski definition) is 3. The van der Waals surface area contributed by atoms with Crippen LogP contribution in [0.2, 0.25) is 0 Å². The molecule has 3 aromatic rings. The zero-order valence-electron chi connectivity index (χ0n) is 17.1. The molecule has 0 spiro atoms. The summed E-state index contributed by atoms with van der Waals surface area (Å²) in [6.45, 7) is 4.20. The van der Waals surface area contributed by atoms with Gasteiger partial charge in [-0.05, 0) is 48.2 Å². The van der Waals surface area contributed by atoms with Gasteiger partial charge >= 0.3 is 0 Å². The SMILES string of the molecule is CC(C)C[C@@H](NC(=O)c1cccc(S(=O)(=O)Nc2ccccc2)c1)c1ccccc1. The van der Waals surface area contributed by atoms with Crippen LogP contribution in [-0.4, -0.2) is 14.3 Å². The number of amides is 1. The molecule has 6 heteroatoms. The molecule has 1 amide bonds. The van der Waals surface area contributed by atoms with Crippen molar-refractivity contribution >= 4 is 21.6 Å². The zero-order chi connectivity index (χ0) is 21.6. The number of carbonyl (C=O) groups is 1. The smallest absolute Gasteiger partial charge is 0.261 e. The van der Waals surface area contributed by atoms with Gasteiger partial charge in [0.05, 0.1) is 10.9 Å². The Morgan fingerprint density at radius 2 is 1.50 bits per heavy atom. The lowest BCUT2D eigenvalue weighted by atomic mass is 9.96. The van der Waals surface area contributed by atoms with Gasteiger partial charge in [0, 0.05) is 11.3 Å². The van der Waals surface area contributed by atoms with Crippen LogP contribution in [0.25, 0.3) is 0 Å². The Kier molecular flexibility index (Phi) is 6.90. The van der Waals surface area contributed by atoms with E-state index in [9.17, 15) is 13.2 Å². The van der Waals surface area contributed by atoms with Crippen LogP contribution in [0, 0.1) is 5.92 Å². The molecule has 0 saturated heterocycles. The van der Waals surface area contributed by atoms with E-state index in [1.54, 1.807) is 36.4 Å². The van der Waals surface area contributed by atoms with Crippen LogP contribution in [-0.2, 0) is 10.0 Å². The molecule has 0 bridgehead atoms. The Hall–Kier alpha value is -3.12. The van der Waals surface area contributed by atoms with Crippen molar-refractivity contribution in [1.29, 1.82) is 0 Å². The summed E-state index contributed by atoms with van der Waals surface area (Å²) >= 11 is 0. The minimum Gasteiger partial charge on any atom is -0.345 e. The van der Waals surface area contributed by atoms with E-state index in [1.807, 2.05) is 36.4 Å². The topological polar surface area (TPSA) is 75.3 Å². The molecule has 3 rings (SSSR count). The Labute approximate surface area is 178 Å². The largest absolute Gasteiger partial charge is 0.345 e. The molecule has 2 N–H and O–H groups in total. The lowest BCUT2D eigenvalue weighted by Gasteiger charge is -2.21. The molecular weight excluding hydrogens is 396 g/mol. The van der Waals surface area contributed by atoms with Gasteiger partial charge in [-0.2, -0.15) is 0 Å². The van der Waals surface area contributed by atoms with Crippen molar-refractivity contribution in [2.75, 3.05) is 4.72 Å². The van der Waals surface area contributed by atoms with Gasteiger partial charge in [-0.25, -0.2) is 8.42 Å². The number of rotatable bonds is 8. The fourth-order valence-corrected chi connectivity index (χ4v) is 4.31. The second kappa shape index (κ2) is 9.59. The van der Waals surface area contributed by atoms with Crippen LogP contribution >= 0.6 is 0 Å². The molecule has 0 aliphatic rings. The summed E-state index contributed by atoms with van der Waals surface area (Å²) in [6.07, 6.45) is 0.781. The number of carbonyl (C=O) groups excluding carboxylic acids is 1. The van der Waals surface area contributed by atoms with Crippen molar-refractivity contribution in [2.24, 2.45) is 5.92 Å². The normalized spacial score (nSPS) is 12.4. The zero-order valence-corrected chi connectivity index (χ0v) is 17.9. The number of hydrogen-bond donors (Lipinski definition) is 2. The maximum absolute atomic E-state index is 12.9. The van der Waals surface area contributed by atoms with E-state index in [1.165, 1.54) is 12.1 Å². The molecule has 1 atom stereocenters. The molecule has 0 aliphatic carbocycles. The molecule has 156 valence electrons. The van der Waals surface area contributed by atoms with E-state index in [2.05, 4.69) is 23.9 Å². The van der Waals surface area contributed by atoms with Crippen LogP contribution in [0.15, 0.2) is 89.8 Å². The van der Waals surface area contributed by atoms with Crippen molar-refractivity contribution < 1.29 is 13.2 Å². The highest BCUT2D eigenvalue weighted by atomic mass is 32.2. The summed E-state index contributed by atoms with van der Waals surface area (Å²) in [4.78, 5) is 13.0. The number of para-hydroxylation sites is 1. The van der Waals surface area contributed by atoms with E-state index in [0.717, 1.165) is 12.0 Å². The van der Waals surface area contributed by atoms with E-state index >= 15 is 0 Å². The van der Waals surface area contributed by atoms with Crippen LogP contribution in [0.1, 0.15) is 42.2 Å². The van der Waals surface area contributed by atoms with E-state index < -0.39 is 10.0 Å². The van der Waals surface area contributed by atoms with Crippen molar-refractivity contribution in [3.63, 3.8) is 0 Å². The summed E-state index contributed by atoms with van der Waals surface area (Å²) in [5, 5.41) is 3.06. The second-order valence-corrected chi connectivity index (χ2v) is 9.25. The molecule has 0 unspecified atom stereocenters. The molecule has 0 fully saturated rings. The fraction of sp³-hybridized carbons (Fsp3) is 0.208. The Bertz CT molecular complexity index is 1080. The maximum Gasteiger partial charge on any atom is 0.261 e. The number of anilines is 1. The molecule has 5 nitrogen and oxygen atoms in total. The average Bonchev–Trinajstić information content (AvgIpc) is 2.74. The summed E-state index contributed by atoms with van der Waals surface area (Å²) in [6, 6.07) is 24.4. The highest BCUT2D eigenvalue weighted by Gasteiger charge is 2.20. The first-order chi connectivity index (χ1) is 14.3. The highest BCUT2D eigenvalue weighted by Crippen LogP contribution is 2.22. The lowest BCUT2D eigenvalue weighted by molar-refractivity contribution is 0.0931. The summed E-state index contributed by atoms with van der Waals surface area (Å²) in [5.74, 6) is 0.0820. The van der Waals surface area contributed by atoms with Gasteiger partial charge in [0.2, 0.25) is 0 Å². The second-order valence-electron chi connectivity index (χ2n) is 7.57. The fourth-order valence-electron chi connectivity index (χ4n) is 3.20. The third kappa shape index (κ3) is 5.70. The minimum absolute atomic E-state index is 0.0409. The van der Waals surface area contributed by atoms with Crippen LogP contribution < -0.4 is 10.0 Å². The Morgan fingerprint density at radius 1 is 0.867 bits per heavy atom. The number of benzene rings is 3. The molecule has 3 aromatic carbocycles. The van der Waals surface area contributed by atoms with Crippen molar-refractivity contribution in [1.82, 2.24) is 5.32 Å². The van der Waals surface area contributed by atoms with Gasteiger partial charge in [0.15, 0.2) is 0 Å². The standard InChI is InChI=1S/C24H26N2O3S/c1-18(2)16-23(19-10-5-3-6-11-19)25-24(27)20-12-9-15-22(17-20)30(28,29)26-21-13-7-4-8-14-21/h3-15,17-18,23,26H,16H2,1-2H3,(H,25,27)/t23-/m1/s1. The molecule has 0 saturated carbocycles. The Balaban J connectivity index is 1.81. The van der Waals surface area contributed by atoms with E-state index in [-0.39, 0.29) is 16.8 Å².